The molecule has 1 aliphatic rings. The summed E-state index contributed by atoms with van der Waals surface area (Å²) >= 11 is 0. The van der Waals surface area contributed by atoms with Gasteiger partial charge in [-0.25, -0.2) is 8.42 Å². The maximum absolute atomic E-state index is 13.6. The Labute approximate surface area is 192 Å². The van der Waals surface area contributed by atoms with E-state index in [1.807, 2.05) is 6.92 Å². The fourth-order valence-electron chi connectivity index (χ4n) is 3.37. The Hall–Kier alpha value is -3.72. The predicted octanol–water partition coefficient (Wildman–Crippen LogP) is 3.61. The maximum Gasteiger partial charge on any atom is 0.264 e. The highest BCUT2D eigenvalue weighted by Crippen LogP contribution is 2.34. The van der Waals surface area contributed by atoms with Gasteiger partial charge in [0.2, 0.25) is 5.91 Å². The van der Waals surface area contributed by atoms with Gasteiger partial charge in [0.25, 0.3) is 10.0 Å². The number of amides is 1. The van der Waals surface area contributed by atoms with E-state index >= 15 is 0 Å². The molecular formula is C24H24N2O6S. The Morgan fingerprint density at radius 2 is 1.73 bits per heavy atom. The lowest BCUT2D eigenvalue weighted by molar-refractivity contribution is -0.114. The van der Waals surface area contributed by atoms with Crippen LogP contribution in [0, 0.1) is 6.92 Å². The number of carbonyl (C=O) groups excluding carboxylic acids is 1. The molecule has 3 aromatic carbocycles. The molecule has 0 saturated heterocycles. The Morgan fingerprint density at radius 3 is 2.45 bits per heavy atom. The maximum atomic E-state index is 13.6. The zero-order valence-corrected chi connectivity index (χ0v) is 19.1. The standard InChI is InChI=1S/C24H24N2O6S/c1-17-6-8-19(9-7-17)26(16-24(27)25-18-4-3-5-20(14-18)30-2)33(28,29)21-10-11-22-23(15-21)32-13-12-31-22/h3-11,14-15H,12-13,16H2,1-2H3,(H,25,27). The molecule has 1 N–H and O–H groups in total. The zero-order valence-electron chi connectivity index (χ0n) is 18.3. The second-order valence-electron chi connectivity index (χ2n) is 7.43. The monoisotopic (exact) mass is 468 g/mol. The van der Waals surface area contributed by atoms with Gasteiger partial charge >= 0.3 is 0 Å². The Bertz CT molecular complexity index is 1260. The number of benzene rings is 3. The van der Waals surface area contributed by atoms with Crippen LogP contribution >= 0.6 is 0 Å². The van der Waals surface area contributed by atoms with Gasteiger partial charge in [-0.05, 0) is 43.3 Å². The van der Waals surface area contributed by atoms with E-state index in [0.29, 0.717) is 41.8 Å². The number of fused-ring (bicyclic) bond motifs is 1. The lowest BCUT2D eigenvalue weighted by Crippen LogP contribution is -2.38. The van der Waals surface area contributed by atoms with Crippen molar-refractivity contribution in [2.24, 2.45) is 0 Å². The molecule has 0 aromatic heterocycles. The number of ether oxygens (including phenoxy) is 3. The topological polar surface area (TPSA) is 94.2 Å². The molecule has 0 bridgehead atoms. The summed E-state index contributed by atoms with van der Waals surface area (Å²) in [6.07, 6.45) is 0. The summed E-state index contributed by atoms with van der Waals surface area (Å²) in [4.78, 5) is 12.9. The summed E-state index contributed by atoms with van der Waals surface area (Å²) in [5, 5.41) is 2.73. The van der Waals surface area contributed by atoms with Gasteiger partial charge in [-0.2, -0.15) is 0 Å². The van der Waals surface area contributed by atoms with Crippen molar-refractivity contribution in [2.45, 2.75) is 11.8 Å². The van der Waals surface area contributed by atoms with Gasteiger partial charge in [-0.3, -0.25) is 9.10 Å². The van der Waals surface area contributed by atoms with Crippen molar-refractivity contribution in [3.05, 3.63) is 72.3 Å². The highest BCUT2D eigenvalue weighted by Gasteiger charge is 2.29. The first-order chi connectivity index (χ1) is 15.9. The number of sulfonamides is 1. The fourth-order valence-corrected chi connectivity index (χ4v) is 4.81. The van der Waals surface area contributed by atoms with E-state index in [9.17, 15) is 13.2 Å². The summed E-state index contributed by atoms with van der Waals surface area (Å²) in [6, 6.07) is 18.2. The average molecular weight is 469 g/mol. The van der Waals surface area contributed by atoms with Gasteiger partial charge in [0.15, 0.2) is 11.5 Å². The zero-order chi connectivity index (χ0) is 23.4. The first kappa shape index (κ1) is 22.5. The number of nitrogens with zero attached hydrogens (tertiary/aromatic N) is 1. The largest absolute Gasteiger partial charge is 0.497 e. The number of nitrogens with one attached hydrogen (secondary N) is 1. The molecule has 0 radical (unpaired) electrons. The molecule has 0 unspecified atom stereocenters. The minimum absolute atomic E-state index is 0.00139. The Morgan fingerprint density at radius 1 is 1.00 bits per heavy atom. The molecule has 0 spiro atoms. The molecule has 1 heterocycles. The molecule has 172 valence electrons. The molecule has 0 aliphatic carbocycles. The number of hydrogen-bond donors (Lipinski definition) is 1. The van der Waals surface area contributed by atoms with E-state index in [2.05, 4.69) is 5.32 Å². The Kier molecular flexibility index (Phi) is 6.41. The predicted molar refractivity (Wildman–Crippen MR) is 125 cm³/mol. The number of aryl methyl sites for hydroxylation is 1. The van der Waals surface area contributed by atoms with Crippen LogP contribution in [-0.2, 0) is 14.8 Å². The lowest BCUT2D eigenvalue weighted by Gasteiger charge is -2.25. The van der Waals surface area contributed by atoms with Crippen molar-refractivity contribution in [1.29, 1.82) is 0 Å². The first-order valence-corrected chi connectivity index (χ1v) is 11.7. The molecule has 3 aromatic rings. The van der Waals surface area contributed by atoms with Crippen LogP contribution in [0.25, 0.3) is 0 Å². The lowest BCUT2D eigenvalue weighted by atomic mass is 10.2. The third-order valence-corrected chi connectivity index (χ3v) is 6.83. The summed E-state index contributed by atoms with van der Waals surface area (Å²) in [7, 11) is -2.56. The average Bonchev–Trinajstić information content (AvgIpc) is 2.83. The molecule has 33 heavy (non-hydrogen) atoms. The molecule has 4 rings (SSSR count). The summed E-state index contributed by atoms with van der Waals surface area (Å²) in [5.74, 6) is 0.918. The normalized spacial score (nSPS) is 12.7. The van der Waals surface area contributed by atoms with Crippen LogP contribution in [0.2, 0.25) is 0 Å². The fraction of sp³-hybridized carbons (Fsp3) is 0.208. The summed E-state index contributed by atoms with van der Waals surface area (Å²) < 4.78 is 44.5. The van der Waals surface area contributed by atoms with Gasteiger partial charge in [0, 0.05) is 17.8 Å². The van der Waals surface area contributed by atoms with Gasteiger partial charge in [-0.15, -0.1) is 0 Å². The molecule has 0 atom stereocenters. The van der Waals surface area contributed by atoms with Crippen LogP contribution in [-0.4, -0.2) is 41.2 Å². The molecular weight excluding hydrogens is 444 g/mol. The number of carbonyl (C=O) groups is 1. The number of hydrogen-bond acceptors (Lipinski definition) is 6. The second kappa shape index (κ2) is 9.41. The number of methoxy groups -OCH3 is 1. The van der Waals surface area contributed by atoms with E-state index in [0.717, 1.165) is 9.87 Å². The van der Waals surface area contributed by atoms with Crippen LogP contribution in [0.15, 0.2) is 71.6 Å². The molecule has 9 heteroatoms. The van der Waals surface area contributed by atoms with Crippen LogP contribution in [0.3, 0.4) is 0 Å². The van der Waals surface area contributed by atoms with Crippen LogP contribution in [0.1, 0.15) is 5.56 Å². The first-order valence-electron chi connectivity index (χ1n) is 10.3. The SMILES string of the molecule is COc1cccc(NC(=O)CN(c2ccc(C)cc2)S(=O)(=O)c2ccc3c(c2)OCCO3)c1. The van der Waals surface area contributed by atoms with Gasteiger partial charge in [-0.1, -0.05) is 23.8 Å². The smallest absolute Gasteiger partial charge is 0.264 e. The van der Waals surface area contributed by atoms with E-state index in [1.165, 1.54) is 19.2 Å². The van der Waals surface area contributed by atoms with Crippen molar-refractivity contribution in [2.75, 3.05) is 36.5 Å². The quantitative estimate of drug-likeness (QED) is 0.569. The van der Waals surface area contributed by atoms with Gasteiger partial charge in [0.1, 0.15) is 25.5 Å². The van der Waals surface area contributed by atoms with E-state index in [4.69, 9.17) is 14.2 Å². The van der Waals surface area contributed by atoms with Crippen molar-refractivity contribution in [3.63, 3.8) is 0 Å². The van der Waals surface area contributed by atoms with Crippen molar-refractivity contribution in [3.8, 4) is 17.2 Å². The molecule has 0 saturated carbocycles. The molecule has 0 fully saturated rings. The van der Waals surface area contributed by atoms with Gasteiger partial charge in [0.05, 0.1) is 17.7 Å². The minimum Gasteiger partial charge on any atom is -0.497 e. The molecule has 1 aliphatic heterocycles. The Balaban J connectivity index is 1.66. The highest BCUT2D eigenvalue weighted by atomic mass is 32.2. The second-order valence-corrected chi connectivity index (χ2v) is 9.30. The molecule has 8 nitrogen and oxygen atoms in total. The minimum atomic E-state index is -4.09. The van der Waals surface area contributed by atoms with Crippen LogP contribution < -0.4 is 23.8 Å². The molecule has 1 amide bonds. The van der Waals surface area contributed by atoms with Crippen molar-refractivity contribution >= 4 is 27.3 Å². The van der Waals surface area contributed by atoms with Crippen LogP contribution in [0.5, 0.6) is 17.2 Å². The van der Waals surface area contributed by atoms with E-state index in [1.54, 1.807) is 54.6 Å². The van der Waals surface area contributed by atoms with E-state index in [-0.39, 0.29) is 4.90 Å². The van der Waals surface area contributed by atoms with Gasteiger partial charge < -0.3 is 19.5 Å². The summed E-state index contributed by atoms with van der Waals surface area (Å²) in [5.41, 5.74) is 1.84. The third kappa shape index (κ3) is 5.04. The number of anilines is 2. The van der Waals surface area contributed by atoms with Crippen LogP contribution in [0.4, 0.5) is 11.4 Å². The van der Waals surface area contributed by atoms with Crippen molar-refractivity contribution < 1.29 is 27.4 Å². The third-order valence-electron chi connectivity index (χ3n) is 5.06. The van der Waals surface area contributed by atoms with Crippen molar-refractivity contribution in [1.82, 2.24) is 0 Å². The number of rotatable bonds is 7. The van der Waals surface area contributed by atoms with E-state index < -0.39 is 22.5 Å². The summed E-state index contributed by atoms with van der Waals surface area (Å²) in [6.45, 7) is 2.22. The highest BCUT2D eigenvalue weighted by molar-refractivity contribution is 7.92.